The second kappa shape index (κ2) is 12.9. The van der Waals surface area contributed by atoms with E-state index in [4.69, 9.17) is 15.3 Å². The molecule has 0 radical (unpaired) electrons. The van der Waals surface area contributed by atoms with Gasteiger partial charge in [0.1, 0.15) is 0 Å². The second-order valence-electron chi connectivity index (χ2n) is 7.16. The van der Waals surface area contributed by atoms with Crippen LogP contribution >= 0.6 is 12.6 Å². The summed E-state index contributed by atoms with van der Waals surface area (Å²) in [6, 6.07) is 0. The maximum atomic E-state index is 11.2. The number of nitrogens with zero attached hydrogens (tertiary/aromatic N) is 4. The van der Waals surface area contributed by atoms with Gasteiger partial charge in [-0.2, -0.15) is 12.6 Å². The standard InChI is InChI=1S/C17H32N4O6S/c1-14(28)10-18-2-4-19(11-15(22)23)6-8-21(13-17(26)27)9-7-20(5-3-18)12-16(24)25/h14,28H,2-13H2,1H3,(H,22,23)(H,24,25)(H,26,27). The van der Waals surface area contributed by atoms with Crippen molar-refractivity contribution >= 4 is 30.5 Å². The van der Waals surface area contributed by atoms with Crippen LogP contribution < -0.4 is 0 Å². The molecule has 3 N–H and O–H groups in total. The first-order valence-electron chi connectivity index (χ1n) is 9.38. The third kappa shape index (κ3) is 11.4. The Kier molecular flexibility index (Phi) is 11.4. The van der Waals surface area contributed by atoms with Crippen molar-refractivity contribution in [1.29, 1.82) is 0 Å². The van der Waals surface area contributed by atoms with Crippen LogP contribution in [0.3, 0.4) is 0 Å². The molecule has 0 saturated carbocycles. The molecule has 1 unspecified atom stereocenters. The molecule has 1 aliphatic rings. The van der Waals surface area contributed by atoms with E-state index in [1.165, 1.54) is 0 Å². The molecule has 10 nitrogen and oxygen atoms in total. The fourth-order valence-corrected chi connectivity index (χ4v) is 3.41. The van der Waals surface area contributed by atoms with Gasteiger partial charge in [0.2, 0.25) is 0 Å². The first kappa shape index (κ1) is 24.6. The lowest BCUT2D eigenvalue weighted by atomic mass is 10.3. The van der Waals surface area contributed by atoms with E-state index in [1.54, 1.807) is 4.90 Å². The second-order valence-corrected chi connectivity index (χ2v) is 8.04. The van der Waals surface area contributed by atoms with Crippen molar-refractivity contribution in [3.63, 3.8) is 0 Å². The highest BCUT2D eigenvalue weighted by Crippen LogP contribution is 2.04. The summed E-state index contributed by atoms with van der Waals surface area (Å²) < 4.78 is 0. The molecule has 1 heterocycles. The van der Waals surface area contributed by atoms with E-state index >= 15 is 0 Å². The fraction of sp³-hybridized carbons (Fsp3) is 0.824. The minimum Gasteiger partial charge on any atom is -0.480 e. The molecule has 0 aromatic carbocycles. The highest BCUT2D eigenvalue weighted by atomic mass is 32.1. The Labute approximate surface area is 171 Å². The summed E-state index contributed by atoms with van der Waals surface area (Å²) >= 11 is 4.44. The van der Waals surface area contributed by atoms with Gasteiger partial charge in [-0.3, -0.25) is 34.0 Å². The number of hydrogen-bond acceptors (Lipinski definition) is 8. The van der Waals surface area contributed by atoms with Gasteiger partial charge in [0, 0.05) is 64.2 Å². The van der Waals surface area contributed by atoms with Crippen molar-refractivity contribution in [3.05, 3.63) is 0 Å². The summed E-state index contributed by atoms with van der Waals surface area (Å²) in [5.74, 6) is -2.80. The smallest absolute Gasteiger partial charge is 0.317 e. The van der Waals surface area contributed by atoms with Crippen molar-refractivity contribution in [3.8, 4) is 0 Å². The number of carboxylic acids is 3. The maximum absolute atomic E-state index is 11.2. The summed E-state index contributed by atoms with van der Waals surface area (Å²) in [4.78, 5) is 41.0. The molecule has 0 amide bonds. The van der Waals surface area contributed by atoms with Crippen LogP contribution in [0.2, 0.25) is 0 Å². The van der Waals surface area contributed by atoms with Gasteiger partial charge in [0.15, 0.2) is 0 Å². The molecular formula is C17H32N4O6S. The highest BCUT2D eigenvalue weighted by molar-refractivity contribution is 7.80. The number of thiol groups is 1. The van der Waals surface area contributed by atoms with Crippen LogP contribution in [-0.4, -0.2) is 137 Å². The highest BCUT2D eigenvalue weighted by Gasteiger charge is 2.20. The molecule has 1 atom stereocenters. The normalized spacial score (nSPS) is 20.8. The minimum atomic E-state index is -0.962. The van der Waals surface area contributed by atoms with Crippen molar-refractivity contribution in [2.45, 2.75) is 12.2 Å². The van der Waals surface area contributed by atoms with Crippen LogP contribution in [0.1, 0.15) is 6.92 Å². The van der Waals surface area contributed by atoms with Gasteiger partial charge in [-0.25, -0.2) is 0 Å². The molecule has 162 valence electrons. The molecule has 0 bridgehead atoms. The van der Waals surface area contributed by atoms with E-state index < -0.39 is 17.9 Å². The number of aliphatic carboxylic acids is 3. The molecule has 0 aromatic rings. The van der Waals surface area contributed by atoms with Crippen molar-refractivity contribution in [2.75, 3.05) is 78.5 Å². The summed E-state index contributed by atoms with van der Waals surface area (Å²) in [5.41, 5.74) is 0. The molecule has 1 fully saturated rings. The van der Waals surface area contributed by atoms with E-state index in [0.29, 0.717) is 52.4 Å². The zero-order valence-electron chi connectivity index (χ0n) is 16.4. The Morgan fingerprint density at radius 1 is 0.679 bits per heavy atom. The first-order valence-corrected chi connectivity index (χ1v) is 9.90. The van der Waals surface area contributed by atoms with Crippen molar-refractivity contribution < 1.29 is 29.7 Å². The van der Waals surface area contributed by atoms with Gasteiger partial charge in [-0.15, -0.1) is 0 Å². The first-order chi connectivity index (χ1) is 13.2. The van der Waals surface area contributed by atoms with Crippen molar-refractivity contribution in [2.24, 2.45) is 0 Å². The molecule has 28 heavy (non-hydrogen) atoms. The van der Waals surface area contributed by atoms with Gasteiger partial charge in [-0.05, 0) is 0 Å². The van der Waals surface area contributed by atoms with Gasteiger partial charge < -0.3 is 15.3 Å². The molecule has 1 aliphatic heterocycles. The Balaban J connectivity index is 2.89. The number of carboxylic acid groups (broad SMARTS) is 3. The van der Waals surface area contributed by atoms with Crippen LogP contribution in [0.25, 0.3) is 0 Å². The van der Waals surface area contributed by atoms with Gasteiger partial charge in [-0.1, -0.05) is 6.92 Å². The third-order valence-corrected chi connectivity index (χ3v) is 4.69. The van der Waals surface area contributed by atoms with Crippen LogP contribution in [0.15, 0.2) is 0 Å². The lowest BCUT2D eigenvalue weighted by Crippen LogP contribution is -2.49. The van der Waals surface area contributed by atoms with Crippen molar-refractivity contribution in [1.82, 2.24) is 19.6 Å². The summed E-state index contributed by atoms with van der Waals surface area (Å²) in [5, 5.41) is 27.6. The largest absolute Gasteiger partial charge is 0.480 e. The molecule has 0 aromatic heterocycles. The maximum Gasteiger partial charge on any atom is 0.317 e. The van der Waals surface area contributed by atoms with Crippen LogP contribution in [0.4, 0.5) is 0 Å². The van der Waals surface area contributed by atoms with Gasteiger partial charge >= 0.3 is 17.9 Å². The van der Waals surface area contributed by atoms with Crippen LogP contribution in [0.5, 0.6) is 0 Å². The minimum absolute atomic E-state index is 0.101. The van der Waals surface area contributed by atoms with Gasteiger partial charge in [0.25, 0.3) is 0 Å². The predicted octanol–water partition coefficient (Wildman–Crippen LogP) is -1.22. The zero-order chi connectivity index (χ0) is 21.1. The summed E-state index contributed by atoms with van der Waals surface area (Å²) in [6.07, 6.45) is 0. The Morgan fingerprint density at radius 2 is 0.929 bits per heavy atom. The quantitative estimate of drug-likeness (QED) is 0.355. The molecular weight excluding hydrogens is 388 g/mol. The van der Waals surface area contributed by atoms with E-state index in [1.807, 2.05) is 16.7 Å². The Hall–Kier alpha value is -1.40. The van der Waals surface area contributed by atoms with E-state index in [9.17, 15) is 14.4 Å². The number of carbonyl (C=O) groups is 3. The summed E-state index contributed by atoms with van der Waals surface area (Å²) in [6.45, 7) is 6.36. The van der Waals surface area contributed by atoms with Crippen LogP contribution in [-0.2, 0) is 14.4 Å². The molecule has 0 spiro atoms. The van der Waals surface area contributed by atoms with E-state index in [0.717, 1.165) is 6.54 Å². The molecule has 1 rings (SSSR count). The average molecular weight is 421 g/mol. The SMILES string of the molecule is CC(S)CN1CCN(CC(=O)O)CCN(CC(=O)O)CCN(CC(=O)O)CC1. The zero-order valence-corrected chi connectivity index (χ0v) is 17.3. The molecule has 0 aliphatic carbocycles. The molecule has 1 saturated heterocycles. The third-order valence-electron chi connectivity index (χ3n) is 4.53. The van der Waals surface area contributed by atoms with E-state index in [-0.39, 0.29) is 24.9 Å². The Morgan fingerprint density at radius 3 is 1.14 bits per heavy atom. The number of hydrogen-bond donors (Lipinski definition) is 4. The number of rotatable bonds is 8. The Bertz CT molecular complexity index is 490. The van der Waals surface area contributed by atoms with Crippen LogP contribution in [0, 0.1) is 0 Å². The average Bonchev–Trinajstić information content (AvgIpc) is 2.55. The fourth-order valence-electron chi connectivity index (χ4n) is 3.18. The lowest BCUT2D eigenvalue weighted by molar-refractivity contribution is -0.140. The lowest BCUT2D eigenvalue weighted by Gasteiger charge is -2.33. The van der Waals surface area contributed by atoms with E-state index in [2.05, 4.69) is 17.5 Å². The summed E-state index contributed by atoms with van der Waals surface area (Å²) in [7, 11) is 0. The van der Waals surface area contributed by atoms with Gasteiger partial charge in [0.05, 0.1) is 19.6 Å². The monoisotopic (exact) mass is 420 g/mol. The molecule has 11 heteroatoms. The topological polar surface area (TPSA) is 125 Å². The predicted molar refractivity (Wildman–Crippen MR) is 107 cm³/mol.